The zero-order valence-electron chi connectivity index (χ0n) is 16.8. The Kier molecular flexibility index (Phi) is 3.86. The van der Waals surface area contributed by atoms with Crippen LogP contribution in [0.25, 0.3) is 16.5 Å². The van der Waals surface area contributed by atoms with Crippen molar-refractivity contribution < 1.29 is 13.9 Å². The summed E-state index contributed by atoms with van der Waals surface area (Å²) in [5.41, 5.74) is 3.83. The molecule has 0 saturated carbocycles. The number of aromatic amines is 1. The topological polar surface area (TPSA) is 88.7 Å². The van der Waals surface area contributed by atoms with Gasteiger partial charge in [0.2, 0.25) is 0 Å². The summed E-state index contributed by atoms with van der Waals surface area (Å²) in [6.07, 6.45) is 5.76. The molecule has 8 nitrogen and oxygen atoms in total. The molecule has 1 atom stereocenters. The van der Waals surface area contributed by atoms with Crippen molar-refractivity contribution in [1.82, 2.24) is 24.5 Å². The van der Waals surface area contributed by atoms with Gasteiger partial charge in [-0.2, -0.15) is 5.10 Å². The van der Waals surface area contributed by atoms with Crippen molar-refractivity contribution in [2.45, 2.75) is 12.5 Å². The molecule has 6 rings (SSSR count). The average molecular weight is 413 g/mol. The molecule has 1 aromatic carbocycles. The fourth-order valence-electron chi connectivity index (χ4n) is 4.33. The van der Waals surface area contributed by atoms with E-state index in [4.69, 9.17) is 9.15 Å². The zero-order valence-corrected chi connectivity index (χ0v) is 16.8. The largest absolute Gasteiger partial charge is 0.497 e. The smallest absolute Gasteiger partial charge is 0.258 e. The van der Waals surface area contributed by atoms with Crippen LogP contribution in [0.1, 0.15) is 33.5 Å². The molecule has 5 aromatic rings. The number of carbonyl (C=O) groups excluding carboxylic acids is 1. The molecule has 0 fully saturated rings. The summed E-state index contributed by atoms with van der Waals surface area (Å²) in [5, 5.41) is 5.34. The number of aromatic nitrogens is 4. The van der Waals surface area contributed by atoms with Gasteiger partial charge in [0.05, 0.1) is 36.4 Å². The van der Waals surface area contributed by atoms with Crippen molar-refractivity contribution in [3.8, 4) is 5.75 Å². The highest BCUT2D eigenvalue weighted by Crippen LogP contribution is 2.37. The summed E-state index contributed by atoms with van der Waals surface area (Å²) in [5.74, 6) is 1.24. The van der Waals surface area contributed by atoms with Gasteiger partial charge < -0.3 is 19.0 Å². The number of ether oxygens (including phenoxy) is 1. The maximum atomic E-state index is 13.8. The minimum Gasteiger partial charge on any atom is -0.497 e. The molecule has 0 aliphatic carbocycles. The number of hydrogen-bond acceptors (Lipinski definition) is 5. The van der Waals surface area contributed by atoms with Crippen molar-refractivity contribution >= 4 is 22.4 Å². The van der Waals surface area contributed by atoms with Crippen molar-refractivity contribution in [2.75, 3.05) is 13.7 Å². The Morgan fingerprint density at radius 1 is 1.26 bits per heavy atom. The predicted molar refractivity (Wildman–Crippen MR) is 113 cm³/mol. The number of para-hydroxylation sites is 1. The molecule has 0 bridgehead atoms. The molecule has 8 heteroatoms. The van der Waals surface area contributed by atoms with E-state index in [2.05, 4.69) is 15.1 Å². The molecular formula is C23H19N5O3. The second kappa shape index (κ2) is 6.73. The minimum atomic E-state index is -0.421. The van der Waals surface area contributed by atoms with Crippen LogP contribution in [0.4, 0.5) is 0 Å². The van der Waals surface area contributed by atoms with Crippen molar-refractivity contribution in [2.24, 2.45) is 0 Å². The Balaban J connectivity index is 1.48. The third-order valence-corrected chi connectivity index (χ3v) is 5.86. The van der Waals surface area contributed by atoms with E-state index < -0.39 is 6.04 Å². The highest BCUT2D eigenvalue weighted by molar-refractivity contribution is 6.01. The van der Waals surface area contributed by atoms with Gasteiger partial charge in [0.1, 0.15) is 23.1 Å². The minimum absolute atomic E-state index is 0.123. The van der Waals surface area contributed by atoms with Crippen molar-refractivity contribution in [3.63, 3.8) is 0 Å². The summed E-state index contributed by atoms with van der Waals surface area (Å²) in [4.78, 5) is 23.3. The Bertz CT molecular complexity index is 1400. The molecule has 31 heavy (non-hydrogen) atoms. The van der Waals surface area contributed by atoms with Gasteiger partial charge in [-0.25, -0.2) is 9.50 Å². The first kappa shape index (κ1) is 17.8. The van der Waals surface area contributed by atoms with E-state index in [9.17, 15) is 4.79 Å². The molecule has 1 N–H and O–H groups in total. The molecule has 1 aliphatic heterocycles. The highest BCUT2D eigenvalue weighted by Gasteiger charge is 2.37. The van der Waals surface area contributed by atoms with Gasteiger partial charge >= 0.3 is 0 Å². The number of benzene rings is 1. The van der Waals surface area contributed by atoms with Crippen molar-refractivity contribution in [3.05, 3.63) is 83.9 Å². The Morgan fingerprint density at radius 2 is 2.16 bits per heavy atom. The average Bonchev–Trinajstić information content (AvgIpc) is 3.54. The lowest BCUT2D eigenvalue weighted by Gasteiger charge is -2.33. The number of rotatable bonds is 3. The Morgan fingerprint density at radius 3 is 3.03 bits per heavy atom. The first-order chi connectivity index (χ1) is 15.2. The van der Waals surface area contributed by atoms with Gasteiger partial charge in [0.25, 0.3) is 5.91 Å². The number of furan rings is 1. The fraction of sp³-hybridized carbons (Fsp3) is 0.174. The fourth-order valence-corrected chi connectivity index (χ4v) is 4.33. The predicted octanol–water partition coefficient (Wildman–Crippen LogP) is 3.60. The van der Waals surface area contributed by atoms with E-state index in [1.54, 1.807) is 30.3 Å². The zero-order chi connectivity index (χ0) is 20.9. The summed E-state index contributed by atoms with van der Waals surface area (Å²) in [6.45, 7) is 0.539. The summed E-state index contributed by atoms with van der Waals surface area (Å²) in [6, 6.07) is 13.0. The number of carbonyl (C=O) groups is 1. The van der Waals surface area contributed by atoms with Gasteiger partial charge in [-0.3, -0.25) is 4.79 Å². The lowest BCUT2D eigenvalue weighted by atomic mass is 9.99. The third-order valence-electron chi connectivity index (χ3n) is 5.86. The quantitative estimate of drug-likeness (QED) is 0.488. The number of imidazole rings is 1. The standard InChI is InChI=1S/C23H19N5O3/c1-30-15-6-9-28-18(11-15)16(12-26-28)23(29)27-8-7-17-21(25-13-24-17)22(27)20-10-14-4-2-3-5-19(14)31-20/h2-6,9-13,22H,7-8H2,1H3,(H,24,25)/t22-/m1/s1. The van der Waals surface area contributed by atoms with Crippen LogP contribution in [-0.4, -0.2) is 44.0 Å². The van der Waals surface area contributed by atoms with Gasteiger partial charge in [-0.05, 0) is 18.2 Å². The van der Waals surface area contributed by atoms with E-state index >= 15 is 0 Å². The molecule has 0 spiro atoms. The number of nitrogens with one attached hydrogen (secondary N) is 1. The SMILES string of the molecule is COc1ccn2ncc(C(=O)N3CCc4[nH]cnc4[C@H]3c3cc4ccccc4o3)c2c1. The van der Waals surface area contributed by atoms with E-state index in [1.165, 1.54) is 0 Å². The molecule has 154 valence electrons. The molecule has 1 aliphatic rings. The molecule has 0 saturated heterocycles. The summed E-state index contributed by atoms with van der Waals surface area (Å²) in [7, 11) is 1.60. The van der Waals surface area contributed by atoms with Crippen LogP contribution in [0.3, 0.4) is 0 Å². The number of nitrogens with zero attached hydrogens (tertiary/aromatic N) is 4. The van der Waals surface area contributed by atoms with Crippen LogP contribution >= 0.6 is 0 Å². The lowest BCUT2D eigenvalue weighted by molar-refractivity contribution is 0.0675. The van der Waals surface area contributed by atoms with Crippen LogP contribution in [0.2, 0.25) is 0 Å². The van der Waals surface area contributed by atoms with Gasteiger partial charge in [0.15, 0.2) is 0 Å². The third kappa shape index (κ3) is 2.72. The number of methoxy groups -OCH3 is 1. The number of fused-ring (bicyclic) bond motifs is 3. The molecule has 5 heterocycles. The second-order valence-corrected chi connectivity index (χ2v) is 7.56. The summed E-state index contributed by atoms with van der Waals surface area (Å²) >= 11 is 0. The van der Waals surface area contributed by atoms with E-state index in [0.29, 0.717) is 35.6 Å². The van der Waals surface area contributed by atoms with Crippen LogP contribution < -0.4 is 4.74 Å². The number of H-pyrrole nitrogens is 1. The van der Waals surface area contributed by atoms with Crippen LogP contribution in [-0.2, 0) is 6.42 Å². The highest BCUT2D eigenvalue weighted by atomic mass is 16.5. The maximum absolute atomic E-state index is 13.8. The summed E-state index contributed by atoms with van der Waals surface area (Å²) < 4.78 is 13.2. The number of amides is 1. The van der Waals surface area contributed by atoms with Crippen molar-refractivity contribution in [1.29, 1.82) is 0 Å². The molecule has 0 radical (unpaired) electrons. The molecule has 0 unspecified atom stereocenters. The van der Waals surface area contributed by atoms with Gasteiger partial charge in [0, 0.05) is 36.3 Å². The lowest BCUT2D eigenvalue weighted by Crippen LogP contribution is -2.40. The van der Waals surface area contributed by atoms with Gasteiger partial charge in [-0.15, -0.1) is 0 Å². The number of pyridine rings is 1. The van der Waals surface area contributed by atoms with Crippen LogP contribution in [0.5, 0.6) is 5.75 Å². The normalized spacial score (nSPS) is 16.0. The van der Waals surface area contributed by atoms with Crippen LogP contribution in [0.15, 0.2) is 65.6 Å². The number of hydrogen-bond donors (Lipinski definition) is 1. The van der Waals surface area contributed by atoms with E-state index in [0.717, 1.165) is 22.4 Å². The van der Waals surface area contributed by atoms with E-state index in [-0.39, 0.29) is 5.91 Å². The first-order valence-corrected chi connectivity index (χ1v) is 10.1. The van der Waals surface area contributed by atoms with E-state index in [1.807, 2.05) is 47.4 Å². The molecule has 4 aromatic heterocycles. The molecular weight excluding hydrogens is 394 g/mol. The Labute approximate surface area is 177 Å². The van der Waals surface area contributed by atoms with Crippen LogP contribution in [0, 0.1) is 0 Å². The monoisotopic (exact) mass is 413 g/mol. The first-order valence-electron chi connectivity index (χ1n) is 10.1. The second-order valence-electron chi connectivity index (χ2n) is 7.56. The maximum Gasteiger partial charge on any atom is 0.258 e. The Hall–Kier alpha value is -4.07. The molecule has 1 amide bonds. The van der Waals surface area contributed by atoms with Gasteiger partial charge in [-0.1, -0.05) is 18.2 Å².